The number of nitrogens with one attached hydrogen (secondary N) is 2. The van der Waals surface area contributed by atoms with E-state index in [1.54, 1.807) is 30.3 Å². The molecule has 1 aliphatic rings. The van der Waals surface area contributed by atoms with Crippen LogP contribution in [0.3, 0.4) is 0 Å². The maximum Gasteiger partial charge on any atom is 0.322 e. The Bertz CT molecular complexity index is 1170. The number of anilines is 2. The van der Waals surface area contributed by atoms with Crippen LogP contribution in [0.5, 0.6) is 0 Å². The van der Waals surface area contributed by atoms with Crippen LogP contribution in [0.25, 0.3) is 0 Å². The van der Waals surface area contributed by atoms with E-state index in [9.17, 15) is 14.4 Å². The summed E-state index contributed by atoms with van der Waals surface area (Å²) in [7, 11) is 0. The SMILES string of the molecule is O=C(CN1C(=O)CN(C(=O)NCc2ccccc2)c2ccccc21)NCc1ccccc1Cl. The first-order valence-corrected chi connectivity index (χ1v) is 10.9. The minimum atomic E-state index is -0.373. The Balaban J connectivity index is 1.44. The molecule has 0 saturated heterocycles. The molecular formula is C25H23ClN4O3. The molecular weight excluding hydrogens is 440 g/mol. The third-order valence-electron chi connectivity index (χ3n) is 5.33. The summed E-state index contributed by atoms with van der Waals surface area (Å²) < 4.78 is 0. The molecule has 3 aromatic rings. The number of hydrogen-bond acceptors (Lipinski definition) is 3. The largest absolute Gasteiger partial charge is 0.350 e. The van der Waals surface area contributed by atoms with E-state index in [2.05, 4.69) is 10.6 Å². The second-order valence-corrected chi connectivity index (χ2v) is 7.97. The number of halogens is 1. The number of benzene rings is 3. The lowest BCUT2D eigenvalue weighted by atomic mass is 10.1. The summed E-state index contributed by atoms with van der Waals surface area (Å²) in [5, 5.41) is 6.22. The molecule has 0 aliphatic carbocycles. The van der Waals surface area contributed by atoms with E-state index in [-0.39, 0.29) is 37.5 Å². The van der Waals surface area contributed by atoms with Crippen LogP contribution >= 0.6 is 11.6 Å². The predicted molar refractivity (Wildman–Crippen MR) is 128 cm³/mol. The molecule has 8 heteroatoms. The molecule has 0 saturated carbocycles. The Morgan fingerprint density at radius 1 is 0.818 bits per heavy atom. The van der Waals surface area contributed by atoms with E-state index < -0.39 is 0 Å². The standard InChI is InChI=1S/C25H23ClN4O3/c26-20-11-5-4-10-19(20)15-27-23(31)16-29-21-12-6-7-13-22(21)30(17-24(29)32)25(33)28-14-18-8-2-1-3-9-18/h1-13H,14-17H2,(H,27,31)(H,28,33). The number of amides is 4. The van der Waals surface area contributed by atoms with Gasteiger partial charge in [-0.3, -0.25) is 19.4 Å². The second kappa shape index (κ2) is 10.2. The summed E-state index contributed by atoms with van der Waals surface area (Å²) >= 11 is 6.14. The number of fused-ring (bicyclic) bond motifs is 1. The average molecular weight is 463 g/mol. The lowest BCUT2D eigenvalue weighted by Crippen LogP contribution is -2.53. The lowest BCUT2D eigenvalue weighted by Gasteiger charge is -2.35. The van der Waals surface area contributed by atoms with Crippen molar-refractivity contribution in [3.8, 4) is 0 Å². The summed E-state index contributed by atoms with van der Waals surface area (Å²) in [6, 6.07) is 23.5. The van der Waals surface area contributed by atoms with E-state index in [1.807, 2.05) is 48.5 Å². The van der Waals surface area contributed by atoms with Crippen LogP contribution in [-0.2, 0) is 22.7 Å². The number of carbonyl (C=O) groups excluding carboxylic acids is 3. The minimum Gasteiger partial charge on any atom is -0.350 e. The first-order valence-electron chi connectivity index (χ1n) is 10.5. The monoisotopic (exact) mass is 462 g/mol. The van der Waals surface area contributed by atoms with Gasteiger partial charge in [-0.1, -0.05) is 72.3 Å². The molecule has 0 radical (unpaired) electrons. The van der Waals surface area contributed by atoms with Gasteiger partial charge >= 0.3 is 6.03 Å². The number of rotatable bonds is 6. The normalized spacial score (nSPS) is 12.8. The third-order valence-corrected chi connectivity index (χ3v) is 5.69. The fourth-order valence-corrected chi connectivity index (χ4v) is 3.82. The molecule has 33 heavy (non-hydrogen) atoms. The van der Waals surface area contributed by atoms with Gasteiger partial charge in [-0.15, -0.1) is 0 Å². The Morgan fingerprint density at radius 3 is 2.24 bits per heavy atom. The molecule has 0 bridgehead atoms. The quantitative estimate of drug-likeness (QED) is 0.585. The van der Waals surface area contributed by atoms with Crippen LogP contribution in [0.1, 0.15) is 11.1 Å². The fourth-order valence-electron chi connectivity index (χ4n) is 3.62. The van der Waals surface area contributed by atoms with E-state index in [1.165, 1.54) is 9.80 Å². The van der Waals surface area contributed by atoms with Gasteiger partial charge in [0.2, 0.25) is 11.8 Å². The summed E-state index contributed by atoms with van der Waals surface area (Å²) in [6.07, 6.45) is 0. The summed E-state index contributed by atoms with van der Waals surface area (Å²) in [5.74, 6) is -0.656. The Hall–Kier alpha value is -3.84. The molecule has 4 rings (SSSR count). The first kappa shape index (κ1) is 22.4. The van der Waals surface area contributed by atoms with Gasteiger partial charge in [0.05, 0.1) is 11.4 Å². The summed E-state index contributed by atoms with van der Waals surface area (Å²) in [6.45, 7) is 0.298. The number of carbonyl (C=O) groups is 3. The molecule has 0 atom stereocenters. The Morgan fingerprint density at radius 2 is 1.48 bits per heavy atom. The molecule has 0 spiro atoms. The van der Waals surface area contributed by atoms with Gasteiger partial charge in [-0.25, -0.2) is 4.79 Å². The molecule has 168 valence electrons. The topological polar surface area (TPSA) is 81.8 Å². The average Bonchev–Trinajstić information content (AvgIpc) is 2.84. The maximum atomic E-state index is 12.9. The van der Waals surface area contributed by atoms with E-state index >= 15 is 0 Å². The summed E-state index contributed by atoms with van der Waals surface area (Å²) in [5.41, 5.74) is 2.83. The lowest BCUT2D eigenvalue weighted by molar-refractivity contribution is -0.123. The van der Waals surface area contributed by atoms with Crippen LogP contribution < -0.4 is 20.4 Å². The van der Waals surface area contributed by atoms with Crippen LogP contribution in [0, 0.1) is 0 Å². The van der Waals surface area contributed by atoms with E-state index in [0.29, 0.717) is 22.9 Å². The van der Waals surface area contributed by atoms with Gasteiger partial charge in [0.15, 0.2) is 0 Å². The fraction of sp³-hybridized carbons (Fsp3) is 0.160. The minimum absolute atomic E-state index is 0.153. The Labute approximate surface area is 197 Å². The van der Waals surface area contributed by atoms with E-state index in [0.717, 1.165) is 11.1 Å². The van der Waals surface area contributed by atoms with Crippen molar-refractivity contribution in [2.24, 2.45) is 0 Å². The molecule has 4 amide bonds. The predicted octanol–water partition coefficient (Wildman–Crippen LogP) is 3.72. The van der Waals surface area contributed by atoms with Crippen LogP contribution in [-0.4, -0.2) is 30.9 Å². The summed E-state index contributed by atoms with van der Waals surface area (Å²) in [4.78, 5) is 41.2. The molecule has 1 aliphatic heterocycles. The molecule has 3 aromatic carbocycles. The first-order chi connectivity index (χ1) is 16.0. The molecule has 0 unspecified atom stereocenters. The van der Waals surface area contributed by atoms with Crippen molar-refractivity contribution < 1.29 is 14.4 Å². The van der Waals surface area contributed by atoms with Gasteiger partial charge < -0.3 is 10.6 Å². The zero-order valence-electron chi connectivity index (χ0n) is 17.8. The van der Waals surface area contributed by atoms with Gasteiger partial charge in [0, 0.05) is 18.1 Å². The van der Waals surface area contributed by atoms with Crippen molar-refractivity contribution in [1.82, 2.24) is 10.6 Å². The van der Waals surface area contributed by atoms with Crippen LogP contribution in [0.4, 0.5) is 16.2 Å². The highest BCUT2D eigenvalue weighted by atomic mass is 35.5. The third kappa shape index (κ3) is 5.32. The maximum absolute atomic E-state index is 12.9. The highest BCUT2D eigenvalue weighted by Crippen LogP contribution is 2.33. The van der Waals surface area contributed by atoms with Gasteiger partial charge in [0.25, 0.3) is 0 Å². The highest BCUT2D eigenvalue weighted by molar-refractivity contribution is 6.31. The Kier molecular flexibility index (Phi) is 6.90. The van der Waals surface area contributed by atoms with Crippen molar-refractivity contribution in [3.63, 3.8) is 0 Å². The van der Waals surface area contributed by atoms with Gasteiger partial charge in [-0.2, -0.15) is 0 Å². The van der Waals surface area contributed by atoms with Gasteiger partial charge in [-0.05, 0) is 29.3 Å². The molecule has 0 aromatic heterocycles. The van der Waals surface area contributed by atoms with Crippen LogP contribution in [0.15, 0.2) is 78.9 Å². The zero-order chi connectivity index (χ0) is 23.2. The molecule has 7 nitrogen and oxygen atoms in total. The van der Waals surface area contributed by atoms with E-state index in [4.69, 9.17) is 11.6 Å². The van der Waals surface area contributed by atoms with Crippen molar-refractivity contribution in [3.05, 3.63) is 95.0 Å². The number of nitrogens with zero attached hydrogens (tertiary/aromatic N) is 2. The number of urea groups is 1. The van der Waals surface area contributed by atoms with Crippen LogP contribution in [0.2, 0.25) is 5.02 Å². The molecule has 0 fully saturated rings. The molecule has 1 heterocycles. The van der Waals surface area contributed by atoms with Crippen molar-refractivity contribution >= 4 is 40.8 Å². The van der Waals surface area contributed by atoms with Crippen molar-refractivity contribution in [1.29, 1.82) is 0 Å². The molecule has 2 N–H and O–H groups in total. The van der Waals surface area contributed by atoms with Crippen molar-refractivity contribution in [2.45, 2.75) is 13.1 Å². The number of para-hydroxylation sites is 2. The number of hydrogen-bond donors (Lipinski definition) is 2. The van der Waals surface area contributed by atoms with Crippen molar-refractivity contribution in [2.75, 3.05) is 22.9 Å². The smallest absolute Gasteiger partial charge is 0.322 e. The zero-order valence-corrected chi connectivity index (χ0v) is 18.6. The highest BCUT2D eigenvalue weighted by Gasteiger charge is 2.33. The van der Waals surface area contributed by atoms with Gasteiger partial charge in [0.1, 0.15) is 13.1 Å². The second-order valence-electron chi connectivity index (χ2n) is 7.57.